The molecule has 0 saturated carbocycles. The van der Waals surface area contributed by atoms with Crippen LogP contribution in [0.25, 0.3) is 5.69 Å². The van der Waals surface area contributed by atoms with E-state index in [4.69, 9.17) is 5.73 Å². The fourth-order valence-corrected chi connectivity index (χ4v) is 3.23. The molecule has 0 radical (unpaired) electrons. The number of hydrogen-bond donors (Lipinski definition) is 2. The van der Waals surface area contributed by atoms with E-state index in [0.29, 0.717) is 31.5 Å². The molecule has 30 heavy (non-hydrogen) atoms. The molecule has 0 aliphatic heterocycles. The van der Waals surface area contributed by atoms with Crippen molar-refractivity contribution < 1.29 is 4.79 Å². The highest BCUT2D eigenvalue weighted by molar-refractivity contribution is 6.07. The molecular weight excluding hydrogens is 384 g/mol. The van der Waals surface area contributed by atoms with Gasteiger partial charge >= 0.3 is 5.69 Å². The molecule has 2 aromatic heterocycles. The number of carbonyl (C=O) groups is 1. The molecule has 9 nitrogen and oxygen atoms in total. The number of aromatic nitrogens is 4. The van der Waals surface area contributed by atoms with E-state index >= 15 is 0 Å². The Morgan fingerprint density at radius 2 is 1.90 bits per heavy atom. The average molecular weight is 410 g/mol. The van der Waals surface area contributed by atoms with Crippen molar-refractivity contribution in [3.63, 3.8) is 0 Å². The smallest absolute Gasteiger partial charge is 0.330 e. The Bertz CT molecular complexity index is 1130. The first-order chi connectivity index (χ1) is 14.5. The Morgan fingerprint density at radius 1 is 1.17 bits per heavy atom. The fourth-order valence-electron chi connectivity index (χ4n) is 3.23. The number of amides is 1. The van der Waals surface area contributed by atoms with Crippen molar-refractivity contribution in [2.75, 3.05) is 17.2 Å². The van der Waals surface area contributed by atoms with Gasteiger partial charge in [0.05, 0.1) is 17.4 Å². The zero-order valence-corrected chi connectivity index (χ0v) is 17.2. The Morgan fingerprint density at radius 3 is 2.57 bits per heavy atom. The highest BCUT2D eigenvalue weighted by Gasteiger charge is 2.25. The summed E-state index contributed by atoms with van der Waals surface area (Å²) in [4.78, 5) is 41.7. The number of nitrogens with one attached hydrogen (secondary N) is 1. The molecule has 0 bridgehead atoms. The number of para-hydroxylation sites is 1. The summed E-state index contributed by atoms with van der Waals surface area (Å²) in [6.45, 7) is 4.52. The first-order valence-electron chi connectivity index (χ1n) is 10.0. The van der Waals surface area contributed by atoms with E-state index in [1.807, 2.05) is 44.2 Å². The number of anilines is 2. The van der Waals surface area contributed by atoms with Gasteiger partial charge < -0.3 is 10.6 Å². The summed E-state index contributed by atoms with van der Waals surface area (Å²) in [6, 6.07) is 9.40. The molecule has 0 atom stereocenters. The summed E-state index contributed by atoms with van der Waals surface area (Å²) in [6.07, 6.45) is 5.22. The highest BCUT2D eigenvalue weighted by atomic mass is 16.2. The van der Waals surface area contributed by atoms with Gasteiger partial charge in [-0.1, -0.05) is 38.5 Å². The lowest BCUT2D eigenvalue weighted by Crippen LogP contribution is -2.41. The van der Waals surface area contributed by atoms with Crippen LogP contribution in [0.5, 0.6) is 0 Å². The second-order valence-electron chi connectivity index (χ2n) is 6.96. The van der Waals surface area contributed by atoms with Gasteiger partial charge in [-0.15, -0.1) is 0 Å². The number of nitrogens with zero attached hydrogens (tertiary/aromatic N) is 4. The molecule has 0 aliphatic rings. The third-order valence-electron chi connectivity index (χ3n) is 4.76. The van der Waals surface area contributed by atoms with Crippen molar-refractivity contribution in [1.82, 2.24) is 19.3 Å². The molecule has 3 aromatic rings. The lowest BCUT2D eigenvalue weighted by molar-refractivity contribution is 0.0986. The maximum Gasteiger partial charge on any atom is 0.330 e. The highest BCUT2D eigenvalue weighted by Crippen LogP contribution is 2.21. The predicted molar refractivity (Wildman–Crippen MR) is 116 cm³/mol. The van der Waals surface area contributed by atoms with Crippen LogP contribution in [0.3, 0.4) is 0 Å². The number of benzene rings is 1. The van der Waals surface area contributed by atoms with Crippen LogP contribution < -0.4 is 21.9 Å². The molecular formula is C21H26N6O3. The molecule has 0 fully saturated rings. The molecule has 2 heterocycles. The van der Waals surface area contributed by atoms with E-state index in [0.717, 1.165) is 12.1 Å². The summed E-state index contributed by atoms with van der Waals surface area (Å²) in [5, 5.41) is 4.27. The minimum atomic E-state index is -0.676. The molecule has 0 unspecified atom stereocenters. The van der Waals surface area contributed by atoms with Gasteiger partial charge in [0, 0.05) is 19.3 Å². The Hall–Kier alpha value is -3.62. The average Bonchev–Trinajstić information content (AvgIpc) is 3.24. The topological polar surface area (TPSA) is 119 Å². The molecule has 0 saturated heterocycles. The third kappa shape index (κ3) is 4.19. The number of hydrogen-bond acceptors (Lipinski definition) is 5. The van der Waals surface area contributed by atoms with Crippen molar-refractivity contribution in [3.8, 4) is 5.69 Å². The zero-order chi connectivity index (χ0) is 21.7. The van der Waals surface area contributed by atoms with Crippen LogP contribution in [0, 0.1) is 0 Å². The van der Waals surface area contributed by atoms with Crippen LogP contribution in [0.1, 0.15) is 43.5 Å². The van der Waals surface area contributed by atoms with Gasteiger partial charge in [0.1, 0.15) is 5.82 Å². The fraction of sp³-hybridized carbons (Fsp3) is 0.333. The number of H-pyrrole nitrogens is 1. The molecule has 9 heteroatoms. The van der Waals surface area contributed by atoms with Crippen molar-refractivity contribution in [1.29, 1.82) is 0 Å². The molecule has 3 rings (SSSR count). The number of unbranched alkanes of at least 4 members (excludes halogenated alkanes) is 1. The van der Waals surface area contributed by atoms with Gasteiger partial charge in [-0.3, -0.25) is 19.1 Å². The number of aromatic amines is 1. The van der Waals surface area contributed by atoms with Crippen LogP contribution in [-0.2, 0) is 6.54 Å². The van der Waals surface area contributed by atoms with E-state index in [1.165, 1.54) is 15.7 Å². The predicted octanol–water partition coefficient (Wildman–Crippen LogP) is 2.16. The maximum absolute atomic E-state index is 13.3. The van der Waals surface area contributed by atoms with E-state index in [9.17, 15) is 14.4 Å². The monoisotopic (exact) mass is 410 g/mol. The van der Waals surface area contributed by atoms with Crippen molar-refractivity contribution in [2.45, 2.75) is 39.7 Å². The van der Waals surface area contributed by atoms with Crippen LogP contribution in [0.2, 0.25) is 0 Å². The summed E-state index contributed by atoms with van der Waals surface area (Å²) >= 11 is 0. The SMILES string of the molecule is CCCCN(C(=O)c1cnn(-c2ccccc2)c1)c1c(N)n(CCC)c(=O)[nH]c1=O. The Labute approximate surface area is 173 Å². The summed E-state index contributed by atoms with van der Waals surface area (Å²) in [5.41, 5.74) is 6.05. The van der Waals surface area contributed by atoms with Crippen molar-refractivity contribution in [3.05, 3.63) is 69.1 Å². The lowest BCUT2D eigenvalue weighted by Gasteiger charge is -2.24. The number of nitrogen functional groups attached to an aromatic ring is 1. The first kappa shape index (κ1) is 21.1. The van der Waals surface area contributed by atoms with Gasteiger partial charge in [-0.2, -0.15) is 5.10 Å². The van der Waals surface area contributed by atoms with Crippen LogP contribution in [-0.4, -0.2) is 31.8 Å². The number of rotatable bonds is 8. The van der Waals surface area contributed by atoms with Gasteiger partial charge in [-0.05, 0) is 25.0 Å². The first-order valence-corrected chi connectivity index (χ1v) is 10.0. The van der Waals surface area contributed by atoms with E-state index in [1.54, 1.807) is 10.9 Å². The van der Waals surface area contributed by atoms with Crippen LogP contribution in [0.15, 0.2) is 52.3 Å². The molecule has 1 aromatic carbocycles. The Balaban J connectivity index is 2.05. The third-order valence-corrected chi connectivity index (χ3v) is 4.76. The van der Waals surface area contributed by atoms with E-state index in [2.05, 4.69) is 10.1 Å². The Kier molecular flexibility index (Phi) is 6.51. The van der Waals surface area contributed by atoms with E-state index < -0.39 is 17.2 Å². The minimum absolute atomic E-state index is 0.00559. The van der Waals surface area contributed by atoms with Crippen molar-refractivity contribution >= 4 is 17.4 Å². The molecule has 158 valence electrons. The standard InChI is InChI=1S/C21H26N6O3/c1-3-5-12-25(17-18(22)26(11-4-2)21(30)24-19(17)28)20(29)15-13-23-27(14-15)16-9-7-6-8-10-16/h6-10,13-14H,3-5,11-12,22H2,1-2H3,(H,24,28,30). The molecule has 1 amide bonds. The molecule has 0 spiro atoms. The van der Waals surface area contributed by atoms with Gasteiger partial charge in [0.2, 0.25) is 0 Å². The second kappa shape index (κ2) is 9.25. The molecule has 3 N–H and O–H groups in total. The van der Waals surface area contributed by atoms with Crippen LogP contribution in [0.4, 0.5) is 11.5 Å². The summed E-state index contributed by atoms with van der Waals surface area (Å²) in [5.74, 6) is -0.407. The minimum Gasteiger partial charge on any atom is -0.383 e. The second-order valence-corrected chi connectivity index (χ2v) is 6.96. The van der Waals surface area contributed by atoms with E-state index in [-0.39, 0.29) is 11.5 Å². The summed E-state index contributed by atoms with van der Waals surface area (Å²) < 4.78 is 2.88. The maximum atomic E-state index is 13.3. The zero-order valence-electron chi connectivity index (χ0n) is 17.2. The largest absolute Gasteiger partial charge is 0.383 e. The number of nitrogens with two attached hydrogens (primary N) is 1. The quantitative estimate of drug-likeness (QED) is 0.590. The van der Waals surface area contributed by atoms with Gasteiger partial charge in [0.15, 0.2) is 5.69 Å². The normalized spacial score (nSPS) is 10.9. The van der Waals surface area contributed by atoms with Crippen molar-refractivity contribution in [2.24, 2.45) is 0 Å². The van der Waals surface area contributed by atoms with Gasteiger partial charge in [-0.25, -0.2) is 9.48 Å². The van der Waals surface area contributed by atoms with Gasteiger partial charge in [0.25, 0.3) is 11.5 Å². The van der Waals surface area contributed by atoms with Crippen LogP contribution >= 0.6 is 0 Å². The summed E-state index contributed by atoms with van der Waals surface area (Å²) in [7, 11) is 0. The number of carbonyl (C=O) groups excluding carboxylic acids is 1. The lowest BCUT2D eigenvalue weighted by atomic mass is 10.2. The molecule has 0 aliphatic carbocycles.